The van der Waals surface area contributed by atoms with Crippen molar-refractivity contribution in [2.75, 3.05) is 12.0 Å². The minimum atomic E-state index is -1.20. The lowest BCUT2D eigenvalue weighted by atomic mass is 9.97. The lowest BCUT2D eigenvalue weighted by molar-refractivity contribution is -0.142. The van der Waals surface area contributed by atoms with Crippen LogP contribution in [0.3, 0.4) is 0 Å². The second-order valence-electron chi connectivity index (χ2n) is 9.19. The molecule has 1 aromatic heterocycles. The van der Waals surface area contributed by atoms with E-state index in [1.54, 1.807) is 36.0 Å². The van der Waals surface area contributed by atoms with Crippen molar-refractivity contribution in [2.45, 2.75) is 63.7 Å². The van der Waals surface area contributed by atoms with Crippen molar-refractivity contribution < 1.29 is 24.3 Å². The Morgan fingerprint density at radius 2 is 1.71 bits per heavy atom. The average Bonchev–Trinajstić information content (AvgIpc) is 3.42. The van der Waals surface area contributed by atoms with Crippen LogP contribution < -0.4 is 21.7 Å². The lowest BCUT2D eigenvalue weighted by Crippen LogP contribution is -2.59. The largest absolute Gasteiger partial charge is 0.480 e. The van der Waals surface area contributed by atoms with Gasteiger partial charge in [0.15, 0.2) is 0 Å². The SMILES string of the molecule is CCC(C)C(NC(=O)C(N)CCSC)C(=O)NC(Cc1cnc[nH]1)C(=O)NC(Cc1ccccc1)C(=O)O. The zero-order valence-corrected chi connectivity index (χ0v) is 22.8. The number of hydrogen-bond acceptors (Lipinski definition) is 7. The van der Waals surface area contributed by atoms with Crippen LogP contribution in [0.2, 0.25) is 0 Å². The molecule has 0 aliphatic rings. The number of nitrogens with zero attached hydrogens (tertiary/aromatic N) is 1. The summed E-state index contributed by atoms with van der Waals surface area (Å²) >= 11 is 1.57. The monoisotopic (exact) mass is 546 g/mol. The number of benzene rings is 1. The van der Waals surface area contributed by atoms with Crippen LogP contribution in [0.5, 0.6) is 0 Å². The fraction of sp³-hybridized carbons (Fsp3) is 0.500. The zero-order chi connectivity index (χ0) is 28.1. The number of nitrogens with one attached hydrogen (secondary N) is 4. The van der Waals surface area contributed by atoms with E-state index in [2.05, 4.69) is 25.9 Å². The fourth-order valence-corrected chi connectivity index (χ4v) is 4.24. The molecular formula is C26H38N6O5S. The summed E-state index contributed by atoms with van der Waals surface area (Å²) < 4.78 is 0. The van der Waals surface area contributed by atoms with Crippen molar-refractivity contribution >= 4 is 35.5 Å². The van der Waals surface area contributed by atoms with Gasteiger partial charge in [-0.2, -0.15) is 11.8 Å². The van der Waals surface area contributed by atoms with Crippen LogP contribution in [0.4, 0.5) is 0 Å². The van der Waals surface area contributed by atoms with Crippen LogP contribution in [-0.2, 0) is 32.0 Å². The maximum Gasteiger partial charge on any atom is 0.326 e. The number of carboxylic acid groups (broad SMARTS) is 1. The Morgan fingerprint density at radius 3 is 2.29 bits per heavy atom. The molecule has 38 heavy (non-hydrogen) atoms. The van der Waals surface area contributed by atoms with Gasteiger partial charge >= 0.3 is 5.97 Å². The molecule has 5 atom stereocenters. The number of carbonyl (C=O) groups excluding carboxylic acids is 3. The van der Waals surface area contributed by atoms with Gasteiger partial charge in [0.1, 0.15) is 18.1 Å². The van der Waals surface area contributed by atoms with Crippen molar-refractivity contribution in [1.82, 2.24) is 25.9 Å². The molecule has 0 bridgehead atoms. The molecule has 0 aliphatic heterocycles. The standard InChI is InChI=1S/C26H38N6O5S/c1-4-16(2)22(32-23(33)19(27)10-11-38-3)25(35)30-20(13-18-14-28-15-29-18)24(34)31-21(26(36)37)12-17-8-6-5-7-9-17/h5-9,14-16,19-22H,4,10-13,27H2,1-3H3,(H,28,29)(H,30,35)(H,31,34)(H,32,33)(H,36,37). The number of H-pyrrole nitrogens is 1. The third-order valence-corrected chi connectivity index (χ3v) is 6.92. The molecule has 3 amide bonds. The number of carboxylic acids is 1. The van der Waals surface area contributed by atoms with Crippen LogP contribution in [0.15, 0.2) is 42.9 Å². The third kappa shape index (κ3) is 9.82. The number of imidazole rings is 1. The number of hydrogen-bond donors (Lipinski definition) is 6. The minimum absolute atomic E-state index is 0.0453. The van der Waals surface area contributed by atoms with E-state index in [4.69, 9.17) is 5.73 Å². The maximum absolute atomic E-state index is 13.4. The molecule has 5 unspecified atom stereocenters. The number of nitrogens with two attached hydrogens (primary N) is 1. The van der Waals surface area contributed by atoms with Gasteiger partial charge in [-0.05, 0) is 29.9 Å². The number of carbonyl (C=O) groups is 4. The number of aromatic amines is 1. The van der Waals surface area contributed by atoms with Crippen molar-refractivity contribution in [3.05, 3.63) is 54.1 Å². The van der Waals surface area contributed by atoms with Gasteiger partial charge in [0.2, 0.25) is 17.7 Å². The fourth-order valence-electron chi connectivity index (χ4n) is 3.75. The van der Waals surface area contributed by atoms with E-state index in [1.165, 1.54) is 12.5 Å². The van der Waals surface area contributed by atoms with E-state index in [9.17, 15) is 24.3 Å². The zero-order valence-electron chi connectivity index (χ0n) is 22.0. The van der Waals surface area contributed by atoms with E-state index in [-0.39, 0.29) is 18.8 Å². The van der Waals surface area contributed by atoms with Gasteiger partial charge in [-0.3, -0.25) is 14.4 Å². The Balaban J connectivity index is 2.20. The second-order valence-corrected chi connectivity index (χ2v) is 10.2. The third-order valence-electron chi connectivity index (χ3n) is 6.27. The summed E-state index contributed by atoms with van der Waals surface area (Å²) in [6.07, 6.45) is 6.05. The van der Waals surface area contributed by atoms with Crippen LogP contribution in [0.1, 0.15) is 37.9 Å². The van der Waals surface area contributed by atoms with Gasteiger partial charge in [-0.1, -0.05) is 50.6 Å². The van der Waals surface area contributed by atoms with Crippen LogP contribution >= 0.6 is 11.8 Å². The van der Waals surface area contributed by atoms with E-state index in [1.807, 2.05) is 26.2 Å². The second kappa shape index (κ2) is 15.8. The van der Waals surface area contributed by atoms with E-state index >= 15 is 0 Å². The molecule has 0 aliphatic carbocycles. The van der Waals surface area contributed by atoms with Gasteiger partial charge in [0.25, 0.3) is 0 Å². The lowest BCUT2D eigenvalue weighted by Gasteiger charge is -2.28. The predicted molar refractivity (Wildman–Crippen MR) is 146 cm³/mol. The van der Waals surface area contributed by atoms with Gasteiger partial charge in [-0.15, -0.1) is 0 Å². The van der Waals surface area contributed by atoms with E-state index < -0.39 is 47.9 Å². The highest BCUT2D eigenvalue weighted by Gasteiger charge is 2.32. The van der Waals surface area contributed by atoms with Crippen molar-refractivity contribution in [2.24, 2.45) is 11.7 Å². The predicted octanol–water partition coefficient (Wildman–Crippen LogP) is 0.860. The number of rotatable bonds is 16. The van der Waals surface area contributed by atoms with Gasteiger partial charge in [-0.25, -0.2) is 9.78 Å². The number of aliphatic carboxylic acids is 1. The molecule has 7 N–H and O–H groups in total. The molecule has 0 saturated heterocycles. The van der Waals surface area contributed by atoms with Crippen LogP contribution in [-0.4, -0.2) is 74.9 Å². The van der Waals surface area contributed by atoms with Gasteiger partial charge in [0, 0.05) is 24.7 Å². The molecule has 2 rings (SSSR count). The van der Waals surface area contributed by atoms with E-state index in [0.717, 1.165) is 5.56 Å². The van der Waals surface area contributed by atoms with Crippen molar-refractivity contribution in [3.8, 4) is 0 Å². The molecular weight excluding hydrogens is 508 g/mol. The smallest absolute Gasteiger partial charge is 0.326 e. The highest BCUT2D eigenvalue weighted by atomic mass is 32.2. The summed E-state index contributed by atoms with van der Waals surface area (Å²) in [6, 6.07) is 4.92. The molecule has 0 saturated carbocycles. The normalized spacial score (nSPS) is 14.9. The Bertz CT molecular complexity index is 1040. The van der Waals surface area contributed by atoms with Crippen molar-refractivity contribution in [3.63, 3.8) is 0 Å². The Labute approximate surface area is 227 Å². The number of amides is 3. The Kier molecular flexibility index (Phi) is 12.8. The first-order valence-electron chi connectivity index (χ1n) is 12.6. The highest BCUT2D eigenvalue weighted by molar-refractivity contribution is 7.98. The van der Waals surface area contributed by atoms with Crippen molar-refractivity contribution in [1.29, 1.82) is 0 Å². The van der Waals surface area contributed by atoms with Crippen LogP contribution in [0, 0.1) is 5.92 Å². The first-order valence-corrected chi connectivity index (χ1v) is 13.9. The van der Waals surface area contributed by atoms with Crippen LogP contribution in [0.25, 0.3) is 0 Å². The molecule has 208 valence electrons. The Morgan fingerprint density at radius 1 is 1.03 bits per heavy atom. The van der Waals surface area contributed by atoms with Gasteiger partial charge < -0.3 is 31.8 Å². The molecule has 1 aromatic carbocycles. The summed E-state index contributed by atoms with van der Waals surface area (Å²) in [4.78, 5) is 58.1. The summed E-state index contributed by atoms with van der Waals surface area (Å²) in [5, 5.41) is 17.7. The first kappa shape index (κ1) is 30.8. The first-order chi connectivity index (χ1) is 18.2. The highest BCUT2D eigenvalue weighted by Crippen LogP contribution is 2.11. The quantitative estimate of drug-likeness (QED) is 0.179. The summed E-state index contributed by atoms with van der Waals surface area (Å²) in [5.74, 6) is -2.40. The van der Waals surface area contributed by atoms with E-state index in [0.29, 0.717) is 24.3 Å². The molecule has 1 heterocycles. The van der Waals surface area contributed by atoms with Gasteiger partial charge in [0.05, 0.1) is 12.4 Å². The molecule has 12 heteroatoms. The summed E-state index contributed by atoms with van der Waals surface area (Å²) in [7, 11) is 0. The molecule has 0 spiro atoms. The summed E-state index contributed by atoms with van der Waals surface area (Å²) in [6.45, 7) is 3.71. The molecule has 0 fully saturated rings. The summed E-state index contributed by atoms with van der Waals surface area (Å²) in [5.41, 5.74) is 7.31. The molecule has 2 aromatic rings. The number of aromatic nitrogens is 2. The maximum atomic E-state index is 13.4. The molecule has 0 radical (unpaired) electrons. The number of thioether (sulfide) groups is 1. The average molecular weight is 547 g/mol. The minimum Gasteiger partial charge on any atom is -0.480 e. The Hall–Kier alpha value is -3.38. The topological polar surface area (TPSA) is 179 Å². The molecule has 11 nitrogen and oxygen atoms in total.